The van der Waals surface area contributed by atoms with Gasteiger partial charge in [0.2, 0.25) is 0 Å². The molecule has 2 rings (SSSR count). The summed E-state index contributed by atoms with van der Waals surface area (Å²) in [5.74, 6) is -0.0794. The number of piperidine rings is 1. The van der Waals surface area contributed by atoms with E-state index < -0.39 is 0 Å². The molecule has 1 aliphatic heterocycles. The van der Waals surface area contributed by atoms with Crippen molar-refractivity contribution in [2.75, 3.05) is 33.3 Å². The standard InChI is InChI=1S/C13H19BrN2O3/c1-15-5-2-10(3-6-15)16(7-8-17)13(18)11-4-9-19-12(11)14/h4,9-10,17H,2-3,5-8H2,1H3. The summed E-state index contributed by atoms with van der Waals surface area (Å²) in [5.41, 5.74) is 0.521. The van der Waals surface area contributed by atoms with Gasteiger partial charge >= 0.3 is 0 Å². The lowest BCUT2D eigenvalue weighted by molar-refractivity contribution is 0.0538. The van der Waals surface area contributed by atoms with Crippen LogP contribution in [0.15, 0.2) is 21.4 Å². The fraction of sp³-hybridized carbons (Fsp3) is 0.615. The van der Waals surface area contributed by atoms with E-state index in [9.17, 15) is 9.90 Å². The Hall–Kier alpha value is -0.850. The molecule has 0 spiro atoms. The number of carbonyl (C=O) groups excluding carboxylic acids is 1. The summed E-state index contributed by atoms with van der Waals surface area (Å²) in [5, 5.41) is 9.20. The Balaban J connectivity index is 2.11. The number of rotatable bonds is 4. The lowest BCUT2D eigenvalue weighted by Gasteiger charge is -2.37. The van der Waals surface area contributed by atoms with Crippen molar-refractivity contribution in [2.45, 2.75) is 18.9 Å². The number of nitrogens with zero attached hydrogens (tertiary/aromatic N) is 2. The molecule has 0 radical (unpaired) electrons. The first kappa shape index (κ1) is 14.6. The van der Waals surface area contributed by atoms with Gasteiger partial charge in [0.15, 0.2) is 4.67 Å². The van der Waals surface area contributed by atoms with Crippen LogP contribution in [0.3, 0.4) is 0 Å². The van der Waals surface area contributed by atoms with Crippen molar-refractivity contribution in [1.82, 2.24) is 9.80 Å². The number of aliphatic hydroxyl groups excluding tert-OH is 1. The minimum absolute atomic E-state index is 0.0203. The average Bonchev–Trinajstić information content (AvgIpc) is 2.83. The quantitative estimate of drug-likeness (QED) is 0.910. The molecular weight excluding hydrogens is 312 g/mol. The van der Waals surface area contributed by atoms with Gasteiger partial charge in [0.1, 0.15) is 0 Å². The molecule has 0 aliphatic carbocycles. The molecule has 1 aliphatic rings. The Bertz CT molecular complexity index is 427. The van der Waals surface area contributed by atoms with E-state index in [2.05, 4.69) is 27.9 Å². The molecule has 6 heteroatoms. The van der Waals surface area contributed by atoms with Crippen molar-refractivity contribution in [3.05, 3.63) is 22.6 Å². The van der Waals surface area contributed by atoms with Gasteiger partial charge in [-0.1, -0.05) is 0 Å². The number of carbonyl (C=O) groups is 1. The van der Waals surface area contributed by atoms with E-state index in [0.717, 1.165) is 25.9 Å². The van der Waals surface area contributed by atoms with Gasteiger partial charge in [-0.2, -0.15) is 0 Å². The largest absolute Gasteiger partial charge is 0.457 e. The van der Waals surface area contributed by atoms with Crippen LogP contribution in [0, 0.1) is 0 Å². The minimum atomic E-state index is -0.0794. The SMILES string of the molecule is CN1CCC(N(CCO)C(=O)c2ccoc2Br)CC1. The fourth-order valence-electron chi connectivity index (χ4n) is 2.47. The molecule has 1 amide bonds. The van der Waals surface area contributed by atoms with E-state index in [1.807, 2.05) is 0 Å². The summed E-state index contributed by atoms with van der Waals surface area (Å²) < 4.78 is 5.57. The summed E-state index contributed by atoms with van der Waals surface area (Å²) in [6.45, 7) is 2.30. The molecule has 1 aromatic rings. The van der Waals surface area contributed by atoms with Crippen LogP contribution in [0.5, 0.6) is 0 Å². The number of hydrogen-bond donors (Lipinski definition) is 1. The van der Waals surface area contributed by atoms with Crippen LogP contribution in [0.4, 0.5) is 0 Å². The maximum atomic E-state index is 12.5. The van der Waals surface area contributed by atoms with Crippen molar-refractivity contribution in [3.8, 4) is 0 Å². The van der Waals surface area contributed by atoms with Crippen molar-refractivity contribution >= 4 is 21.8 Å². The number of furan rings is 1. The molecule has 0 bridgehead atoms. The molecule has 1 fully saturated rings. The van der Waals surface area contributed by atoms with Gasteiger partial charge in [-0.05, 0) is 55.0 Å². The molecule has 0 atom stereocenters. The second-order valence-electron chi connectivity index (χ2n) is 4.86. The first-order chi connectivity index (χ1) is 9.13. The number of amides is 1. The van der Waals surface area contributed by atoms with Crippen LogP contribution in [-0.2, 0) is 0 Å². The number of halogens is 1. The van der Waals surface area contributed by atoms with Crippen LogP contribution in [0.1, 0.15) is 23.2 Å². The fourth-order valence-corrected chi connectivity index (χ4v) is 2.87. The molecular formula is C13H19BrN2O3. The summed E-state index contributed by atoms with van der Waals surface area (Å²) in [6.07, 6.45) is 3.37. The molecule has 0 unspecified atom stereocenters. The Labute approximate surface area is 121 Å². The van der Waals surface area contributed by atoms with Gasteiger partial charge in [-0.15, -0.1) is 0 Å². The molecule has 1 N–H and O–H groups in total. The maximum Gasteiger partial charge on any atom is 0.258 e. The summed E-state index contributed by atoms with van der Waals surface area (Å²) in [6, 6.07) is 1.85. The van der Waals surface area contributed by atoms with Crippen LogP contribution < -0.4 is 0 Å². The summed E-state index contributed by atoms with van der Waals surface area (Å²) >= 11 is 3.23. The predicted molar refractivity (Wildman–Crippen MR) is 75.0 cm³/mol. The number of hydrogen-bond acceptors (Lipinski definition) is 4. The van der Waals surface area contributed by atoms with Crippen molar-refractivity contribution < 1.29 is 14.3 Å². The topological polar surface area (TPSA) is 56.9 Å². The Morgan fingerprint density at radius 3 is 2.79 bits per heavy atom. The Morgan fingerprint density at radius 2 is 2.26 bits per heavy atom. The van der Waals surface area contributed by atoms with Crippen LogP contribution in [0.25, 0.3) is 0 Å². The smallest absolute Gasteiger partial charge is 0.258 e. The highest BCUT2D eigenvalue weighted by atomic mass is 79.9. The van der Waals surface area contributed by atoms with Gasteiger partial charge in [0.25, 0.3) is 5.91 Å². The molecule has 2 heterocycles. The van der Waals surface area contributed by atoms with Gasteiger partial charge in [-0.25, -0.2) is 0 Å². The molecule has 1 aromatic heterocycles. The predicted octanol–water partition coefficient (Wildman–Crippen LogP) is 1.57. The summed E-state index contributed by atoms with van der Waals surface area (Å²) in [4.78, 5) is 16.5. The molecule has 1 saturated heterocycles. The third kappa shape index (κ3) is 3.38. The zero-order valence-electron chi connectivity index (χ0n) is 11.0. The highest BCUT2D eigenvalue weighted by Crippen LogP contribution is 2.23. The second-order valence-corrected chi connectivity index (χ2v) is 5.58. The third-order valence-electron chi connectivity index (χ3n) is 3.58. The van der Waals surface area contributed by atoms with Gasteiger partial charge in [0.05, 0.1) is 18.4 Å². The van der Waals surface area contributed by atoms with E-state index in [1.165, 1.54) is 6.26 Å². The van der Waals surface area contributed by atoms with E-state index in [0.29, 0.717) is 16.8 Å². The molecule has 5 nitrogen and oxygen atoms in total. The Morgan fingerprint density at radius 1 is 1.58 bits per heavy atom. The zero-order valence-corrected chi connectivity index (χ0v) is 12.6. The first-order valence-electron chi connectivity index (χ1n) is 6.47. The van der Waals surface area contributed by atoms with Crippen molar-refractivity contribution in [2.24, 2.45) is 0 Å². The van der Waals surface area contributed by atoms with Gasteiger partial charge in [0, 0.05) is 12.6 Å². The Kier molecular flexibility index (Phi) is 5.01. The zero-order chi connectivity index (χ0) is 13.8. The van der Waals surface area contributed by atoms with Crippen LogP contribution in [0.2, 0.25) is 0 Å². The van der Waals surface area contributed by atoms with Crippen LogP contribution >= 0.6 is 15.9 Å². The van der Waals surface area contributed by atoms with Crippen LogP contribution in [-0.4, -0.2) is 60.1 Å². The molecule has 106 valence electrons. The van der Waals surface area contributed by atoms with Gasteiger partial charge in [-0.3, -0.25) is 4.79 Å². The monoisotopic (exact) mass is 330 g/mol. The maximum absolute atomic E-state index is 12.5. The second kappa shape index (κ2) is 6.54. The highest BCUT2D eigenvalue weighted by Gasteiger charge is 2.28. The highest BCUT2D eigenvalue weighted by molar-refractivity contribution is 9.10. The molecule has 19 heavy (non-hydrogen) atoms. The molecule has 0 aromatic carbocycles. The van der Waals surface area contributed by atoms with Crippen molar-refractivity contribution in [3.63, 3.8) is 0 Å². The molecule has 0 saturated carbocycles. The number of likely N-dealkylation sites (tertiary alicyclic amines) is 1. The first-order valence-corrected chi connectivity index (χ1v) is 7.26. The number of aliphatic hydroxyl groups is 1. The van der Waals surface area contributed by atoms with E-state index >= 15 is 0 Å². The van der Waals surface area contributed by atoms with E-state index in [4.69, 9.17) is 4.42 Å². The van der Waals surface area contributed by atoms with Gasteiger partial charge < -0.3 is 19.3 Å². The minimum Gasteiger partial charge on any atom is -0.457 e. The lowest BCUT2D eigenvalue weighted by atomic mass is 10.0. The van der Waals surface area contributed by atoms with Crippen molar-refractivity contribution in [1.29, 1.82) is 0 Å². The normalized spacial score (nSPS) is 17.6. The third-order valence-corrected chi connectivity index (χ3v) is 4.19. The summed E-state index contributed by atoms with van der Waals surface area (Å²) in [7, 11) is 2.08. The lowest BCUT2D eigenvalue weighted by Crippen LogP contribution is -2.47. The van der Waals surface area contributed by atoms with E-state index in [1.54, 1.807) is 11.0 Å². The van der Waals surface area contributed by atoms with E-state index in [-0.39, 0.29) is 18.6 Å². The average molecular weight is 331 g/mol.